The molecule has 0 heterocycles. The molecule has 1 aliphatic rings. The van der Waals surface area contributed by atoms with Crippen molar-refractivity contribution in [3.8, 4) is 0 Å². The third-order valence-electron chi connectivity index (χ3n) is 3.42. The first kappa shape index (κ1) is 15.1. The van der Waals surface area contributed by atoms with E-state index in [1.54, 1.807) is 12.1 Å². The lowest BCUT2D eigenvalue weighted by molar-refractivity contribution is -0.121. The maximum Gasteiger partial charge on any atom is 0.242 e. The molecule has 2 nitrogen and oxygen atoms in total. The Balaban J connectivity index is 2.01. The standard InChI is InChI=1S/C14H16BrCl2NO/c15-9-6-7-11(12(16)8-9)13(17)14(19)18-10-4-2-1-3-5-10/h6-8,10,13H,1-5H2,(H,18,19). The highest BCUT2D eigenvalue weighted by Gasteiger charge is 2.23. The first-order valence-corrected chi connectivity index (χ1v) is 8.08. The topological polar surface area (TPSA) is 29.1 Å². The fraction of sp³-hybridized carbons (Fsp3) is 0.500. The molecule has 1 aliphatic carbocycles. The molecule has 1 N–H and O–H groups in total. The Hall–Kier alpha value is -0.250. The number of amides is 1. The number of hydrogen-bond donors (Lipinski definition) is 1. The van der Waals surface area contributed by atoms with Crippen LogP contribution in [-0.2, 0) is 4.79 Å². The van der Waals surface area contributed by atoms with Crippen molar-refractivity contribution in [3.05, 3.63) is 33.3 Å². The molecule has 0 saturated heterocycles. The minimum atomic E-state index is -0.734. The summed E-state index contributed by atoms with van der Waals surface area (Å²) in [7, 11) is 0. The lowest BCUT2D eigenvalue weighted by Crippen LogP contribution is -2.38. The Kier molecular flexibility index (Phi) is 5.55. The van der Waals surface area contributed by atoms with Crippen LogP contribution >= 0.6 is 39.1 Å². The van der Waals surface area contributed by atoms with Crippen molar-refractivity contribution in [2.45, 2.75) is 43.5 Å². The lowest BCUT2D eigenvalue weighted by atomic mass is 9.95. The van der Waals surface area contributed by atoms with Crippen LogP contribution in [0.15, 0.2) is 22.7 Å². The number of carbonyl (C=O) groups excluding carboxylic acids is 1. The molecule has 0 radical (unpaired) electrons. The molecule has 0 aromatic heterocycles. The van der Waals surface area contributed by atoms with E-state index < -0.39 is 5.38 Å². The molecule has 1 fully saturated rings. The summed E-state index contributed by atoms with van der Waals surface area (Å²) in [6.07, 6.45) is 5.70. The summed E-state index contributed by atoms with van der Waals surface area (Å²) >= 11 is 15.7. The molecule has 0 bridgehead atoms. The molecule has 5 heteroatoms. The maximum absolute atomic E-state index is 12.1. The first-order chi connectivity index (χ1) is 9.08. The average molecular weight is 365 g/mol. The largest absolute Gasteiger partial charge is 0.352 e. The molecule has 104 valence electrons. The van der Waals surface area contributed by atoms with E-state index in [1.165, 1.54) is 19.3 Å². The summed E-state index contributed by atoms with van der Waals surface area (Å²) in [4.78, 5) is 12.1. The number of halogens is 3. The Morgan fingerprint density at radius 1 is 1.32 bits per heavy atom. The van der Waals surface area contributed by atoms with Crippen LogP contribution in [-0.4, -0.2) is 11.9 Å². The van der Waals surface area contributed by atoms with Gasteiger partial charge in [-0.1, -0.05) is 52.9 Å². The second-order valence-electron chi connectivity index (χ2n) is 4.87. The SMILES string of the molecule is O=C(NC1CCCCC1)C(Cl)c1ccc(Br)cc1Cl. The van der Waals surface area contributed by atoms with Gasteiger partial charge in [-0.2, -0.15) is 0 Å². The van der Waals surface area contributed by atoms with Gasteiger partial charge in [-0.25, -0.2) is 0 Å². The molecule has 0 aliphatic heterocycles. The minimum absolute atomic E-state index is 0.155. The first-order valence-electron chi connectivity index (χ1n) is 6.47. The summed E-state index contributed by atoms with van der Waals surface area (Å²) in [6.45, 7) is 0. The summed E-state index contributed by atoms with van der Waals surface area (Å²) in [6, 6.07) is 5.63. The zero-order chi connectivity index (χ0) is 13.8. The molecule has 0 spiro atoms. The van der Waals surface area contributed by atoms with Crippen molar-refractivity contribution in [2.75, 3.05) is 0 Å². The van der Waals surface area contributed by atoms with Gasteiger partial charge in [0.2, 0.25) is 5.91 Å². The number of carbonyl (C=O) groups is 1. The van der Waals surface area contributed by atoms with Gasteiger partial charge in [-0.3, -0.25) is 4.79 Å². The highest BCUT2D eigenvalue weighted by molar-refractivity contribution is 9.10. The van der Waals surface area contributed by atoms with E-state index in [2.05, 4.69) is 21.2 Å². The van der Waals surface area contributed by atoms with Crippen LogP contribution in [0.25, 0.3) is 0 Å². The van der Waals surface area contributed by atoms with Gasteiger partial charge in [-0.15, -0.1) is 11.6 Å². The van der Waals surface area contributed by atoms with Crippen LogP contribution in [0, 0.1) is 0 Å². The highest BCUT2D eigenvalue weighted by atomic mass is 79.9. The van der Waals surface area contributed by atoms with Gasteiger partial charge < -0.3 is 5.32 Å². The van der Waals surface area contributed by atoms with Gasteiger partial charge in [0.25, 0.3) is 0 Å². The molecule has 1 amide bonds. The van der Waals surface area contributed by atoms with Gasteiger partial charge in [-0.05, 0) is 30.5 Å². The van der Waals surface area contributed by atoms with Gasteiger partial charge in [0.1, 0.15) is 5.38 Å². The van der Waals surface area contributed by atoms with E-state index in [0.717, 1.165) is 17.3 Å². The number of rotatable bonds is 3. The maximum atomic E-state index is 12.1. The molecule has 1 saturated carbocycles. The fourth-order valence-corrected chi connectivity index (χ4v) is 3.46. The lowest BCUT2D eigenvalue weighted by Gasteiger charge is -2.24. The zero-order valence-corrected chi connectivity index (χ0v) is 13.6. The van der Waals surface area contributed by atoms with E-state index in [0.29, 0.717) is 10.6 Å². The van der Waals surface area contributed by atoms with E-state index in [-0.39, 0.29) is 11.9 Å². The minimum Gasteiger partial charge on any atom is -0.352 e. The van der Waals surface area contributed by atoms with Gasteiger partial charge in [0.05, 0.1) is 0 Å². The van der Waals surface area contributed by atoms with E-state index in [4.69, 9.17) is 23.2 Å². The van der Waals surface area contributed by atoms with E-state index in [9.17, 15) is 4.79 Å². The third-order valence-corrected chi connectivity index (χ3v) is 4.67. The van der Waals surface area contributed by atoms with Crippen LogP contribution in [0.2, 0.25) is 5.02 Å². The summed E-state index contributed by atoms with van der Waals surface area (Å²) in [5.74, 6) is -0.155. The molecular weight excluding hydrogens is 349 g/mol. The van der Waals surface area contributed by atoms with Crippen molar-refractivity contribution < 1.29 is 4.79 Å². The molecule has 1 unspecified atom stereocenters. The Morgan fingerprint density at radius 2 is 2.00 bits per heavy atom. The number of alkyl halides is 1. The van der Waals surface area contributed by atoms with Crippen LogP contribution in [0.5, 0.6) is 0 Å². The quantitative estimate of drug-likeness (QED) is 0.764. The van der Waals surface area contributed by atoms with Crippen molar-refractivity contribution in [1.29, 1.82) is 0 Å². The van der Waals surface area contributed by atoms with Crippen molar-refractivity contribution in [1.82, 2.24) is 5.32 Å². The molecule has 2 rings (SSSR count). The average Bonchev–Trinajstić information content (AvgIpc) is 2.39. The summed E-state index contributed by atoms with van der Waals surface area (Å²) in [5.41, 5.74) is 0.653. The van der Waals surface area contributed by atoms with Crippen LogP contribution in [0.1, 0.15) is 43.0 Å². The van der Waals surface area contributed by atoms with Crippen LogP contribution in [0.4, 0.5) is 0 Å². The van der Waals surface area contributed by atoms with Crippen LogP contribution in [0.3, 0.4) is 0 Å². The number of nitrogens with one attached hydrogen (secondary N) is 1. The third kappa shape index (κ3) is 4.11. The molecular formula is C14H16BrCl2NO. The van der Waals surface area contributed by atoms with Gasteiger partial charge in [0, 0.05) is 15.5 Å². The summed E-state index contributed by atoms with van der Waals surface area (Å²) < 4.78 is 0.873. The Labute approximate surface area is 132 Å². The molecule has 19 heavy (non-hydrogen) atoms. The second-order valence-corrected chi connectivity index (χ2v) is 6.63. The summed E-state index contributed by atoms with van der Waals surface area (Å²) in [5, 5.41) is 2.79. The second kappa shape index (κ2) is 6.96. The molecule has 1 aromatic carbocycles. The number of hydrogen-bond acceptors (Lipinski definition) is 1. The smallest absolute Gasteiger partial charge is 0.242 e. The molecule has 1 atom stereocenters. The Bertz CT molecular complexity index is 461. The van der Waals surface area contributed by atoms with Gasteiger partial charge in [0.15, 0.2) is 0 Å². The van der Waals surface area contributed by atoms with Crippen LogP contribution < -0.4 is 5.32 Å². The Morgan fingerprint density at radius 3 is 2.63 bits per heavy atom. The predicted molar refractivity (Wildman–Crippen MR) is 82.8 cm³/mol. The van der Waals surface area contributed by atoms with E-state index >= 15 is 0 Å². The zero-order valence-electron chi connectivity index (χ0n) is 10.5. The monoisotopic (exact) mass is 363 g/mol. The van der Waals surface area contributed by atoms with E-state index in [1.807, 2.05) is 6.07 Å². The van der Waals surface area contributed by atoms with Crippen molar-refractivity contribution in [2.24, 2.45) is 0 Å². The van der Waals surface area contributed by atoms with Gasteiger partial charge >= 0.3 is 0 Å². The highest BCUT2D eigenvalue weighted by Crippen LogP contribution is 2.31. The molecule has 1 aromatic rings. The van der Waals surface area contributed by atoms with Crippen molar-refractivity contribution >= 4 is 45.0 Å². The fourth-order valence-electron chi connectivity index (χ4n) is 2.37. The van der Waals surface area contributed by atoms with Crippen molar-refractivity contribution in [3.63, 3.8) is 0 Å². The normalized spacial score (nSPS) is 18.1. The number of benzene rings is 1. The predicted octanol–water partition coefficient (Wildman–Crippen LogP) is 4.83.